The molecular formula is C16H18N4O2. The summed E-state index contributed by atoms with van der Waals surface area (Å²) in [6, 6.07) is 7.40. The number of pyridine rings is 1. The molecule has 2 heterocycles. The van der Waals surface area contributed by atoms with E-state index in [9.17, 15) is 9.59 Å². The van der Waals surface area contributed by atoms with Gasteiger partial charge in [-0.2, -0.15) is 0 Å². The topological polar surface area (TPSA) is 76.0 Å². The second kappa shape index (κ2) is 5.63. The van der Waals surface area contributed by atoms with Crippen LogP contribution in [0.1, 0.15) is 51.1 Å². The lowest BCUT2D eigenvalue weighted by atomic mass is 10.2. The molecule has 6 heteroatoms. The van der Waals surface area contributed by atoms with E-state index in [2.05, 4.69) is 20.4 Å². The summed E-state index contributed by atoms with van der Waals surface area (Å²) in [7, 11) is 0. The Bertz CT molecular complexity index is 717. The number of hydrogen-bond acceptors (Lipinski definition) is 3. The molecule has 0 aromatic carbocycles. The lowest BCUT2D eigenvalue weighted by Gasteiger charge is -2.09. The third-order valence-electron chi connectivity index (χ3n) is 3.83. The van der Waals surface area contributed by atoms with Crippen molar-refractivity contribution in [3.63, 3.8) is 0 Å². The molecule has 1 aliphatic carbocycles. The van der Waals surface area contributed by atoms with Crippen molar-refractivity contribution in [3.8, 4) is 0 Å². The minimum atomic E-state index is -0.440. The average molecular weight is 298 g/mol. The van der Waals surface area contributed by atoms with Crippen molar-refractivity contribution in [2.75, 3.05) is 0 Å². The summed E-state index contributed by atoms with van der Waals surface area (Å²) in [5.41, 5.74) is 7.68. The Hall–Kier alpha value is -2.63. The quantitative estimate of drug-likeness (QED) is 0.850. The molecule has 114 valence electrons. The van der Waals surface area contributed by atoms with Crippen LogP contribution in [-0.2, 0) is 0 Å². The SMILES string of the molecule is Cc1cc(C(=O)NNC(=O)c2ccccn2)c(C)n1C1CC1. The van der Waals surface area contributed by atoms with Gasteiger partial charge >= 0.3 is 0 Å². The number of nitrogens with one attached hydrogen (secondary N) is 2. The van der Waals surface area contributed by atoms with Crippen molar-refractivity contribution < 1.29 is 9.59 Å². The first-order chi connectivity index (χ1) is 10.6. The van der Waals surface area contributed by atoms with Gasteiger partial charge in [0.25, 0.3) is 11.8 Å². The number of carbonyl (C=O) groups is 2. The van der Waals surface area contributed by atoms with Gasteiger partial charge in [-0.15, -0.1) is 0 Å². The van der Waals surface area contributed by atoms with Crippen molar-refractivity contribution in [3.05, 3.63) is 53.1 Å². The first-order valence-electron chi connectivity index (χ1n) is 7.28. The molecule has 2 aromatic heterocycles. The van der Waals surface area contributed by atoms with Gasteiger partial charge in [-0.05, 0) is 44.9 Å². The van der Waals surface area contributed by atoms with Crippen molar-refractivity contribution in [2.24, 2.45) is 0 Å². The van der Waals surface area contributed by atoms with Crippen molar-refractivity contribution >= 4 is 11.8 Å². The van der Waals surface area contributed by atoms with Gasteiger partial charge in [0.05, 0.1) is 5.56 Å². The van der Waals surface area contributed by atoms with Gasteiger partial charge < -0.3 is 4.57 Å². The first kappa shape index (κ1) is 14.3. The standard InChI is InChI=1S/C16H18N4O2/c1-10-9-13(11(2)20(10)12-6-7-12)15(21)18-19-16(22)14-5-3-4-8-17-14/h3-5,8-9,12H,6-7H2,1-2H3,(H,18,21)(H,19,22). The number of hydrogen-bond donors (Lipinski definition) is 2. The molecule has 2 N–H and O–H groups in total. The molecule has 2 amide bonds. The molecule has 0 unspecified atom stereocenters. The molecule has 0 aliphatic heterocycles. The number of aryl methyl sites for hydroxylation is 1. The number of hydrazine groups is 1. The summed E-state index contributed by atoms with van der Waals surface area (Å²) in [5.74, 6) is -0.755. The Morgan fingerprint density at radius 2 is 1.91 bits per heavy atom. The van der Waals surface area contributed by atoms with E-state index in [1.807, 2.05) is 19.9 Å². The van der Waals surface area contributed by atoms with Gasteiger partial charge in [-0.25, -0.2) is 0 Å². The zero-order chi connectivity index (χ0) is 15.7. The molecule has 0 saturated heterocycles. The normalized spacial score (nSPS) is 13.7. The van der Waals surface area contributed by atoms with Crippen LogP contribution >= 0.6 is 0 Å². The van der Waals surface area contributed by atoms with Gasteiger partial charge in [0.15, 0.2) is 0 Å². The second-order valence-electron chi connectivity index (χ2n) is 5.51. The molecule has 6 nitrogen and oxygen atoms in total. The summed E-state index contributed by atoms with van der Waals surface area (Å²) in [6.45, 7) is 3.93. The van der Waals surface area contributed by atoms with Crippen LogP contribution in [0.15, 0.2) is 30.5 Å². The van der Waals surface area contributed by atoms with Crippen LogP contribution in [0.4, 0.5) is 0 Å². The van der Waals surface area contributed by atoms with Crippen LogP contribution in [0.2, 0.25) is 0 Å². The maximum absolute atomic E-state index is 12.3. The highest BCUT2D eigenvalue weighted by atomic mass is 16.2. The van der Waals surface area contributed by atoms with E-state index in [1.54, 1.807) is 18.2 Å². The van der Waals surface area contributed by atoms with E-state index in [-0.39, 0.29) is 11.6 Å². The summed E-state index contributed by atoms with van der Waals surface area (Å²) >= 11 is 0. The van der Waals surface area contributed by atoms with Gasteiger partial charge in [-0.3, -0.25) is 25.4 Å². The molecule has 0 spiro atoms. The lowest BCUT2D eigenvalue weighted by Crippen LogP contribution is -2.42. The highest BCUT2D eigenvalue weighted by Crippen LogP contribution is 2.38. The summed E-state index contributed by atoms with van der Waals surface area (Å²) in [4.78, 5) is 28.0. The molecular weight excluding hydrogens is 280 g/mol. The number of aromatic nitrogens is 2. The third-order valence-corrected chi connectivity index (χ3v) is 3.83. The van der Waals surface area contributed by atoms with Crippen molar-refractivity contribution in [1.29, 1.82) is 0 Å². The highest BCUT2D eigenvalue weighted by molar-refractivity contribution is 5.99. The molecule has 2 aromatic rings. The fourth-order valence-corrected chi connectivity index (χ4v) is 2.64. The maximum atomic E-state index is 12.3. The van der Waals surface area contributed by atoms with E-state index < -0.39 is 5.91 Å². The van der Waals surface area contributed by atoms with Crippen molar-refractivity contribution in [2.45, 2.75) is 32.7 Å². The summed E-state index contributed by atoms with van der Waals surface area (Å²) in [5, 5.41) is 0. The third kappa shape index (κ3) is 2.72. The van der Waals surface area contributed by atoms with E-state index in [1.165, 1.54) is 6.20 Å². The predicted molar refractivity (Wildman–Crippen MR) is 81.3 cm³/mol. The minimum Gasteiger partial charge on any atom is -0.345 e. The van der Waals surface area contributed by atoms with E-state index in [4.69, 9.17) is 0 Å². The van der Waals surface area contributed by atoms with Crippen LogP contribution in [0.25, 0.3) is 0 Å². The zero-order valence-electron chi connectivity index (χ0n) is 12.6. The van der Waals surface area contributed by atoms with Crippen LogP contribution in [0, 0.1) is 13.8 Å². The minimum absolute atomic E-state index is 0.256. The monoisotopic (exact) mass is 298 g/mol. The molecule has 1 saturated carbocycles. The first-order valence-corrected chi connectivity index (χ1v) is 7.28. The largest absolute Gasteiger partial charge is 0.345 e. The summed E-state index contributed by atoms with van der Waals surface area (Å²) in [6.07, 6.45) is 3.85. The predicted octanol–water partition coefficient (Wildman–Crippen LogP) is 1.91. The number of amides is 2. The Labute approximate surface area is 128 Å². The van der Waals surface area contributed by atoms with E-state index in [0.29, 0.717) is 11.6 Å². The van der Waals surface area contributed by atoms with Crippen molar-refractivity contribution in [1.82, 2.24) is 20.4 Å². The molecule has 1 fully saturated rings. The van der Waals surface area contributed by atoms with Crippen LogP contribution in [0.5, 0.6) is 0 Å². The number of rotatable bonds is 3. The molecule has 0 atom stereocenters. The Morgan fingerprint density at radius 1 is 1.18 bits per heavy atom. The summed E-state index contributed by atoms with van der Waals surface area (Å²) < 4.78 is 2.19. The Kier molecular flexibility index (Phi) is 3.66. The fraction of sp³-hybridized carbons (Fsp3) is 0.312. The Balaban J connectivity index is 1.68. The van der Waals surface area contributed by atoms with Crippen LogP contribution in [-0.4, -0.2) is 21.4 Å². The maximum Gasteiger partial charge on any atom is 0.288 e. The zero-order valence-corrected chi connectivity index (χ0v) is 12.6. The second-order valence-corrected chi connectivity index (χ2v) is 5.51. The van der Waals surface area contributed by atoms with Gasteiger partial charge in [0.1, 0.15) is 5.69 Å². The molecule has 0 bridgehead atoms. The van der Waals surface area contributed by atoms with E-state index in [0.717, 1.165) is 24.2 Å². The molecule has 3 rings (SSSR count). The lowest BCUT2D eigenvalue weighted by molar-refractivity contribution is 0.0843. The highest BCUT2D eigenvalue weighted by Gasteiger charge is 2.28. The van der Waals surface area contributed by atoms with Gasteiger partial charge in [-0.1, -0.05) is 6.07 Å². The van der Waals surface area contributed by atoms with Gasteiger partial charge in [0.2, 0.25) is 0 Å². The van der Waals surface area contributed by atoms with E-state index >= 15 is 0 Å². The molecule has 0 radical (unpaired) electrons. The van der Waals surface area contributed by atoms with Crippen LogP contribution < -0.4 is 10.9 Å². The Morgan fingerprint density at radius 3 is 2.55 bits per heavy atom. The number of carbonyl (C=O) groups excluding carboxylic acids is 2. The number of nitrogens with zero attached hydrogens (tertiary/aromatic N) is 2. The van der Waals surface area contributed by atoms with Crippen LogP contribution in [0.3, 0.4) is 0 Å². The smallest absolute Gasteiger partial charge is 0.288 e. The molecule has 22 heavy (non-hydrogen) atoms. The average Bonchev–Trinajstić information content (AvgIpc) is 3.31. The molecule has 1 aliphatic rings. The fourth-order valence-electron chi connectivity index (χ4n) is 2.64. The van der Waals surface area contributed by atoms with Gasteiger partial charge in [0, 0.05) is 23.6 Å².